The van der Waals surface area contributed by atoms with Gasteiger partial charge in [0.2, 0.25) is 5.91 Å². The highest BCUT2D eigenvalue weighted by atomic mass is 16.4. The number of carbonyl (C=O) groups is 2. The van der Waals surface area contributed by atoms with Crippen LogP contribution in [0.15, 0.2) is 24.3 Å². The summed E-state index contributed by atoms with van der Waals surface area (Å²) >= 11 is 0. The quantitative estimate of drug-likeness (QED) is 0.872. The summed E-state index contributed by atoms with van der Waals surface area (Å²) in [4.78, 5) is 24.3. The van der Waals surface area contributed by atoms with Crippen molar-refractivity contribution >= 4 is 11.9 Å². The average Bonchev–Trinajstić information content (AvgIpc) is 3.03. The van der Waals surface area contributed by atoms with Crippen LogP contribution < -0.4 is 0 Å². The van der Waals surface area contributed by atoms with E-state index in [0.717, 1.165) is 30.5 Å². The van der Waals surface area contributed by atoms with Crippen LogP contribution >= 0.6 is 0 Å². The number of carbonyl (C=O) groups excluding carboxylic acids is 1. The minimum atomic E-state index is -0.839. The van der Waals surface area contributed by atoms with E-state index in [2.05, 4.69) is 11.8 Å². The van der Waals surface area contributed by atoms with Gasteiger partial charge < -0.3 is 10.0 Å². The van der Waals surface area contributed by atoms with E-state index in [4.69, 9.17) is 5.11 Å². The van der Waals surface area contributed by atoms with E-state index in [9.17, 15) is 9.59 Å². The van der Waals surface area contributed by atoms with Crippen LogP contribution in [-0.2, 0) is 16.0 Å². The third-order valence-electron chi connectivity index (χ3n) is 3.57. The summed E-state index contributed by atoms with van der Waals surface area (Å²) in [5.41, 5.74) is 1.61. The molecule has 0 bridgehead atoms. The Bertz CT molecular complexity index is 581. The fourth-order valence-corrected chi connectivity index (χ4v) is 2.47. The maximum absolute atomic E-state index is 11.8. The van der Waals surface area contributed by atoms with E-state index >= 15 is 0 Å². The molecule has 4 nitrogen and oxygen atoms in total. The van der Waals surface area contributed by atoms with Gasteiger partial charge in [-0.15, -0.1) is 0 Å². The maximum Gasteiger partial charge on any atom is 0.307 e. The fraction of sp³-hybridized carbons (Fsp3) is 0.474. The zero-order chi connectivity index (χ0) is 17.2. The molecule has 23 heavy (non-hydrogen) atoms. The molecule has 1 N–H and O–H groups in total. The van der Waals surface area contributed by atoms with Gasteiger partial charge in [-0.2, -0.15) is 0 Å². The second-order valence-electron chi connectivity index (χ2n) is 5.14. The van der Waals surface area contributed by atoms with Crippen LogP contribution in [0.1, 0.15) is 51.2 Å². The molecule has 0 aromatic heterocycles. The Morgan fingerprint density at radius 3 is 2.48 bits per heavy atom. The van der Waals surface area contributed by atoms with Crippen molar-refractivity contribution in [2.45, 2.75) is 52.5 Å². The van der Waals surface area contributed by atoms with Gasteiger partial charge in [0, 0.05) is 18.5 Å². The average molecular weight is 315 g/mol. The maximum atomic E-state index is 11.8. The van der Waals surface area contributed by atoms with Crippen LogP contribution in [0.5, 0.6) is 0 Å². The van der Waals surface area contributed by atoms with Crippen molar-refractivity contribution in [3.63, 3.8) is 0 Å². The molecule has 124 valence electrons. The van der Waals surface area contributed by atoms with Gasteiger partial charge in [0.25, 0.3) is 0 Å². The Balaban J connectivity index is 0.00000127. The molecule has 1 saturated heterocycles. The third-order valence-corrected chi connectivity index (χ3v) is 3.57. The molecular weight excluding hydrogens is 290 g/mol. The van der Waals surface area contributed by atoms with Gasteiger partial charge in [-0.1, -0.05) is 44.7 Å². The van der Waals surface area contributed by atoms with Crippen LogP contribution in [-0.4, -0.2) is 34.5 Å². The van der Waals surface area contributed by atoms with Gasteiger partial charge in [0.15, 0.2) is 0 Å². The number of benzene rings is 1. The lowest BCUT2D eigenvalue weighted by atomic mass is 10.1. The molecule has 1 aromatic rings. The highest BCUT2D eigenvalue weighted by molar-refractivity contribution is 5.77. The lowest BCUT2D eigenvalue weighted by Gasteiger charge is -2.19. The van der Waals surface area contributed by atoms with Crippen molar-refractivity contribution in [3.05, 3.63) is 35.4 Å². The predicted molar refractivity (Wildman–Crippen MR) is 91.0 cm³/mol. The normalized spacial score (nSPS) is 16.0. The van der Waals surface area contributed by atoms with Gasteiger partial charge in [-0.05, 0) is 30.5 Å². The molecule has 2 rings (SSSR count). The molecule has 1 unspecified atom stereocenters. The van der Waals surface area contributed by atoms with Crippen molar-refractivity contribution in [1.29, 1.82) is 0 Å². The number of likely N-dealkylation sites (tertiary alicyclic amines) is 1. The molecule has 0 aliphatic carbocycles. The molecule has 1 fully saturated rings. The third kappa shape index (κ3) is 5.78. The van der Waals surface area contributed by atoms with Crippen LogP contribution in [0.3, 0.4) is 0 Å². The summed E-state index contributed by atoms with van der Waals surface area (Å²) in [6.07, 6.45) is 2.47. The largest absolute Gasteiger partial charge is 0.481 e. The van der Waals surface area contributed by atoms with Crippen LogP contribution in [0.2, 0.25) is 0 Å². The number of carboxylic acids is 1. The first-order chi connectivity index (χ1) is 11.1. The topological polar surface area (TPSA) is 57.6 Å². The summed E-state index contributed by atoms with van der Waals surface area (Å²) in [5.74, 6) is 5.56. The minimum Gasteiger partial charge on any atom is -0.481 e. The number of carboxylic acid groups (broad SMARTS) is 1. The molecule has 1 atom stereocenters. The highest BCUT2D eigenvalue weighted by Gasteiger charge is 2.25. The second kappa shape index (κ2) is 9.68. The van der Waals surface area contributed by atoms with Gasteiger partial charge in [-0.25, -0.2) is 0 Å². The predicted octanol–water partition coefficient (Wildman–Crippen LogP) is 3.09. The van der Waals surface area contributed by atoms with E-state index in [-0.39, 0.29) is 18.4 Å². The first-order valence-electron chi connectivity index (χ1n) is 8.22. The minimum absolute atomic E-state index is 0.0103. The van der Waals surface area contributed by atoms with E-state index in [1.807, 2.05) is 37.8 Å². The molecule has 1 aromatic carbocycles. The van der Waals surface area contributed by atoms with Gasteiger partial charge in [-0.3, -0.25) is 9.59 Å². The summed E-state index contributed by atoms with van der Waals surface area (Å²) in [7, 11) is 0. The number of nitrogens with zero attached hydrogens (tertiary/aromatic N) is 1. The Labute approximate surface area is 138 Å². The Kier molecular flexibility index (Phi) is 7.90. The van der Waals surface area contributed by atoms with Crippen molar-refractivity contribution in [3.8, 4) is 11.8 Å². The first kappa shape index (κ1) is 18.8. The zero-order valence-corrected chi connectivity index (χ0v) is 14.1. The molecule has 1 heterocycles. The fourth-order valence-electron chi connectivity index (χ4n) is 2.47. The Morgan fingerprint density at radius 1 is 1.26 bits per heavy atom. The number of hydrogen-bond donors (Lipinski definition) is 1. The van der Waals surface area contributed by atoms with Gasteiger partial charge in [0.1, 0.15) is 0 Å². The van der Waals surface area contributed by atoms with Gasteiger partial charge >= 0.3 is 5.97 Å². The monoisotopic (exact) mass is 315 g/mol. The molecule has 0 saturated carbocycles. The lowest BCUT2D eigenvalue weighted by Crippen LogP contribution is -2.34. The summed E-state index contributed by atoms with van der Waals surface area (Å²) in [6.45, 7) is 6.66. The van der Waals surface area contributed by atoms with Crippen LogP contribution in [0.4, 0.5) is 0 Å². The van der Waals surface area contributed by atoms with Crippen LogP contribution in [0, 0.1) is 11.8 Å². The Morgan fingerprint density at radius 2 is 1.91 bits per heavy atom. The number of aliphatic carboxylic acids is 1. The van der Waals surface area contributed by atoms with Crippen molar-refractivity contribution in [1.82, 2.24) is 4.90 Å². The second-order valence-corrected chi connectivity index (χ2v) is 5.14. The van der Waals surface area contributed by atoms with Crippen molar-refractivity contribution in [2.24, 2.45) is 0 Å². The summed E-state index contributed by atoms with van der Waals surface area (Å²) < 4.78 is 0. The summed E-state index contributed by atoms with van der Waals surface area (Å²) in [5, 5.41) is 8.72. The van der Waals surface area contributed by atoms with E-state index < -0.39 is 5.97 Å². The number of amides is 1. The smallest absolute Gasteiger partial charge is 0.307 e. The van der Waals surface area contributed by atoms with E-state index in [1.54, 1.807) is 12.1 Å². The standard InChI is InChI=1S/C17H19NO3.C2H6/c1-2-16(19)18-11-3-4-15(18)10-9-13-5-7-14(8-6-13)12-17(20)21;1-2/h5-8,15H,2-4,11-12H2,1H3,(H,20,21);1-2H3. The molecule has 0 radical (unpaired) electrons. The van der Waals surface area contributed by atoms with Gasteiger partial charge in [0.05, 0.1) is 12.5 Å². The molecule has 4 heteroatoms. The number of hydrogen-bond acceptors (Lipinski definition) is 2. The SMILES string of the molecule is CC.CCC(=O)N1CCCC1C#Cc1ccc(CC(=O)O)cc1. The van der Waals surface area contributed by atoms with Crippen molar-refractivity contribution in [2.75, 3.05) is 6.54 Å². The van der Waals surface area contributed by atoms with Crippen LogP contribution in [0.25, 0.3) is 0 Å². The van der Waals surface area contributed by atoms with E-state index in [0.29, 0.717) is 6.42 Å². The molecule has 1 aliphatic rings. The molecule has 1 amide bonds. The van der Waals surface area contributed by atoms with Crippen molar-refractivity contribution < 1.29 is 14.7 Å². The zero-order valence-electron chi connectivity index (χ0n) is 14.1. The highest BCUT2D eigenvalue weighted by Crippen LogP contribution is 2.17. The number of rotatable bonds is 3. The summed E-state index contributed by atoms with van der Waals surface area (Å²) in [6, 6.07) is 7.22. The molecule has 0 spiro atoms. The first-order valence-corrected chi connectivity index (χ1v) is 8.22. The lowest BCUT2D eigenvalue weighted by molar-refractivity contribution is -0.136. The molecule has 1 aliphatic heterocycles. The Hall–Kier alpha value is -2.28. The van der Waals surface area contributed by atoms with E-state index in [1.165, 1.54) is 0 Å². The molecular formula is C19H25NO3.